The molecule has 1 aliphatic carbocycles. The molecule has 1 aromatic carbocycles. The van der Waals surface area contributed by atoms with E-state index in [4.69, 9.17) is 16.3 Å². The first-order valence-electron chi connectivity index (χ1n) is 6.45. The molecule has 0 spiro atoms. The van der Waals surface area contributed by atoms with Gasteiger partial charge in [-0.15, -0.1) is 0 Å². The zero-order valence-corrected chi connectivity index (χ0v) is 11.2. The molecule has 1 aliphatic rings. The zero-order valence-electron chi connectivity index (χ0n) is 10.4. The maximum Gasteiger partial charge on any atom is 0.0897 e. The van der Waals surface area contributed by atoms with Crippen molar-refractivity contribution in [2.24, 2.45) is 5.92 Å². The van der Waals surface area contributed by atoms with Gasteiger partial charge in [0.05, 0.1) is 19.3 Å². The van der Waals surface area contributed by atoms with E-state index in [9.17, 15) is 5.11 Å². The molecule has 3 nitrogen and oxygen atoms in total. The quantitative estimate of drug-likeness (QED) is 0.760. The van der Waals surface area contributed by atoms with Crippen molar-refractivity contribution in [3.8, 4) is 0 Å². The molecule has 0 amide bonds. The first kappa shape index (κ1) is 13.8. The number of rotatable bonds is 8. The van der Waals surface area contributed by atoms with Gasteiger partial charge in [0.25, 0.3) is 0 Å². The van der Waals surface area contributed by atoms with Gasteiger partial charge in [0, 0.05) is 11.6 Å². The van der Waals surface area contributed by atoms with E-state index in [2.05, 4.69) is 5.32 Å². The van der Waals surface area contributed by atoms with E-state index >= 15 is 0 Å². The second-order valence-corrected chi connectivity index (χ2v) is 5.27. The molecule has 4 heteroatoms. The third kappa shape index (κ3) is 4.94. The lowest BCUT2D eigenvalue weighted by atomic mass is 10.2. The Kier molecular flexibility index (Phi) is 5.45. The molecule has 1 saturated carbocycles. The largest absolute Gasteiger partial charge is 0.389 e. The lowest BCUT2D eigenvalue weighted by molar-refractivity contribution is 0.0289. The van der Waals surface area contributed by atoms with Crippen LogP contribution in [0.5, 0.6) is 0 Å². The number of ether oxygens (including phenoxy) is 1. The smallest absolute Gasteiger partial charge is 0.0897 e. The molecule has 1 atom stereocenters. The molecule has 100 valence electrons. The summed E-state index contributed by atoms with van der Waals surface area (Å²) in [4.78, 5) is 0. The van der Waals surface area contributed by atoms with E-state index in [-0.39, 0.29) is 0 Å². The van der Waals surface area contributed by atoms with Crippen LogP contribution in [0.15, 0.2) is 24.3 Å². The van der Waals surface area contributed by atoms with Gasteiger partial charge in [-0.3, -0.25) is 0 Å². The van der Waals surface area contributed by atoms with Crippen LogP contribution in [0.2, 0.25) is 5.02 Å². The van der Waals surface area contributed by atoms with Crippen LogP contribution in [0.3, 0.4) is 0 Å². The normalized spacial score (nSPS) is 16.8. The van der Waals surface area contributed by atoms with Gasteiger partial charge in [-0.2, -0.15) is 0 Å². The summed E-state index contributed by atoms with van der Waals surface area (Å²) in [6.45, 7) is 2.39. The Morgan fingerprint density at radius 2 is 2.17 bits per heavy atom. The lowest BCUT2D eigenvalue weighted by Crippen LogP contribution is -2.31. The Labute approximate surface area is 113 Å². The Hall–Kier alpha value is -0.610. The minimum Gasteiger partial charge on any atom is -0.389 e. The summed E-state index contributed by atoms with van der Waals surface area (Å²) in [6, 6.07) is 7.59. The lowest BCUT2D eigenvalue weighted by Gasteiger charge is -2.12. The Bertz CT molecular complexity index is 369. The maximum atomic E-state index is 9.71. The van der Waals surface area contributed by atoms with Crippen LogP contribution in [-0.2, 0) is 11.3 Å². The molecule has 2 N–H and O–H groups in total. The molecule has 0 saturated heterocycles. The third-order valence-electron chi connectivity index (χ3n) is 3.04. The molecule has 0 heterocycles. The number of aliphatic hydroxyl groups is 1. The van der Waals surface area contributed by atoms with Crippen LogP contribution in [0.25, 0.3) is 0 Å². The molecule has 1 fully saturated rings. The summed E-state index contributed by atoms with van der Waals surface area (Å²) < 4.78 is 5.46. The molecule has 0 radical (unpaired) electrons. The fraction of sp³-hybridized carbons (Fsp3) is 0.571. The fourth-order valence-electron chi connectivity index (χ4n) is 1.76. The van der Waals surface area contributed by atoms with Crippen LogP contribution < -0.4 is 5.32 Å². The Morgan fingerprint density at radius 3 is 2.89 bits per heavy atom. The van der Waals surface area contributed by atoms with Crippen LogP contribution in [0, 0.1) is 5.92 Å². The molecular formula is C14H20ClNO2. The van der Waals surface area contributed by atoms with Crippen LogP contribution in [0.4, 0.5) is 0 Å². The average Bonchev–Trinajstić information content (AvgIpc) is 3.16. The van der Waals surface area contributed by atoms with Crippen molar-refractivity contribution in [1.82, 2.24) is 5.32 Å². The van der Waals surface area contributed by atoms with E-state index in [0.717, 1.165) is 18.0 Å². The average molecular weight is 270 g/mol. The van der Waals surface area contributed by atoms with Gasteiger partial charge >= 0.3 is 0 Å². The van der Waals surface area contributed by atoms with E-state index in [0.29, 0.717) is 24.8 Å². The van der Waals surface area contributed by atoms with Crippen molar-refractivity contribution in [2.45, 2.75) is 25.6 Å². The number of hydrogen-bond acceptors (Lipinski definition) is 3. The van der Waals surface area contributed by atoms with Crippen molar-refractivity contribution in [1.29, 1.82) is 0 Å². The van der Waals surface area contributed by atoms with Crippen molar-refractivity contribution in [3.63, 3.8) is 0 Å². The molecular weight excluding hydrogens is 250 g/mol. The SMILES string of the molecule is OC(CNCC1CC1)COCc1ccccc1Cl. The van der Waals surface area contributed by atoms with Crippen LogP contribution in [-0.4, -0.2) is 30.9 Å². The van der Waals surface area contributed by atoms with Gasteiger partial charge in [0.15, 0.2) is 0 Å². The molecule has 0 aromatic heterocycles. The summed E-state index contributed by atoms with van der Waals surface area (Å²) in [6.07, 6.45) is 2.20. The summed E-state index contributed by atoms with van der Waals surface area (Å²) in [7, 11) is 0. The Morgan fingerprint density at radius 1 is 1.39 bits per heavy atom. The summed E-state index contributed by atoms with van der Waals surface area (Å²) in [5.41, 5.74) is 0.956. The number of benzene rings is 1. The van der Waals surface area contributed by atoms with Gasteiger partial charge in [-0.25, -0.2) is 0 Å². The number of nitrogens with one attached hydrogen (secondary N) is 1. The summed E-state index contributed by atoms with van der Waals surface area (Å²) in [5.74, 6) is 0.834. The van der Waals surface area contributed by atoms with Crippen molar-refractivity contribution in [3.05, 3.63) is 34.9 Å². The van der Waals surface area contributed by atoms with Crippen LogP contribution in [0.1, 0.15) is 18.4 Å². The number of halogens is 1. The monoisotopic (exact) mass is 269 g/mol. The third-order valence-corrected chi connectivity index (χ3v) is 3.40. The molecule has 0 aliphatic heterocycles. The van der Waals surface area contributed by atoms with Gasteiger partial charge in [-0.05, 0) is 36.9 Å². The predicted molar refractivity (Wildman–Crippen MR) is 72.7 cm³/mol. The van der Waals surface area contributed by atoms with E-state index < -0.39 is 6.10 Å². The van der Waals surface area contributed by atoms with Gasteiger partial charge < -0.3 is 15.2 Å². The molecule has 0 bridgehead atoms. The first-order valence-corrected chi connectivity index (χ1v) is 6.83. The number of hydrogen-bond donors (Lipinski definition) is 2. The topological polar surface area (TPSA) is 41.5 Å². The highest BCUT2D eigenvalue weighted by atomic mass is 35.5. The maximum absolute atomic E-state index is 9.71. The minimum absolute atomic E-state index is 0.336. The van der Waals surface area contributed by atoms with E-state index in [1.54, 1.807) is 0 Å². The molecule has 1 unspecified atom stereocenters. The second-order valence-electron chi connectivity index (χ2n) is 4.86. The minimum atomic E-state index is -0.453. The zero-order chi connectivity index (χ0) is 12.8. The highest BCUT2D eigenvalue weighted by Gasteiger charge is 2.20. The standard InChI is InChI=1S/C14H20ClNO2/c15-14-4-2-1-3-12(14)9-18-10-13(17)8-16-7-11-5-6-11/h1-4,11,13,16-17H,5-10H2. The van der Waals surface area contributed by atoms with Gasteiger partial charge in [0.2, 0.25) is 0 Å². The van der Waals surface area contributed by atoms with Gasteiger partial charge in [0.1, 0.15) is 0 Å². The van der Waals surface area contributed by atoms with Gasteiger partial charge in [-0.1, -0.05) is 29.8 Å². The van der Waals surface area contributed by atoms with Crippen LogP contribution >= 0.6 is 11.6 Å². The highest BCUT2D eigenvalue weighted by Crippen LogP contribution is 2.27. The van der Waals surface area contributed by atoms with Crippen molar-refractivity contribution in [2.75, 3.05) is 19.7 Å². The fourth-order valence-corrected chi connectivity index (χ4v) is 1.95. The predicted octanol–water partition coefficient (Wildman–Crippen LogP) is 2.22. The number of aliphatic hydroxyl groups excluding tert-OH is 1. The Balaban J connectivity index is 1.57. The van der Waals surface area contributed by atoms with E-state index in [1.807, 2.05) is 24.3 Å². The van der Waals surface area contributed by atoms with Crippen molar-refractivity contribution < 1.29 is 9.84 Å². The molecule has 2 rings (SSSR count). The van der Waals surface area contributed by atoms with E-state index in [1.165, 1.54) is 12.8 Å². The van der Waals surface area contributed by atoms with Crippen molar-refractivity contribution >= 4 is 11.6 Å². The molecule has 1 aromatic rings. The first-order chi connectivity index (χ1) is 8.75. The summed E-state index contributed by atoms with van der Waals surface area (Å²) >= 11 is 6.01. The second kappa shape index (κ2) is 7.10. The summed E-state index contributed by atoms with van der Waals surface area (Å²) in [5, 5.41) is 13.7. The highest BCUT2D eigenvalue weighted by molar-refractivity contribution is 6.31. The molecule has 18 heavy (non-hydrogen) atoms.